The van der Waals surface area contributed by atoms with Crippen molar-refractivity contribution in [3.05, 3.63) is 30.0 Å². The van der Waals surface area contributed by atoms with Crippen molar-refractivity contribution >= 4 is 11.7 Å². The molecule has 0 bridgehead atoms. The molecular formula is C15H16N2O4. The van der Waals surface area contributed by atoms with E-state index < -0.39 is 5.97 Å². The number of ether oxygens (including phenoxy) is 1. The standard InChI is InChI=1S/C15H16N2O4/c1-20-13-5-4-10(17-6-2-3-7-17)8-11(13)14-9-12(15(18)19)16-21-14/h4-5,8-9H,2-3,6-7H2,1H3,(H,18,19). The lowest BCUT2D eigenvalue weighted by Crippen LogP contribution is -2.17. The van der Waals surface area contributed by atoms with Crippen LogP contribution in [0.15, 0.2) is 28.8 Å². The summed E-state index contributed by atoms with van der Waals surface area (Å²) in [6.07, 6.45) is 2.37. The minimum Gasteiger partial charge on any atom is -0.496 e. The van der Waals surface area contributed by atoms with Crippen LogP contribution in [0.1, 0.15) is 23.3 Å². The van der Waals surface area contributed by atoms with Crippen LogP contribution >= 0.6 is 0 Å². The van der Waals surface area contributed by atoms with Crippen LogP contribution in [0.5, 0.6) is 5.75 Å². The Labute approximate surface area is 121 Å². The molecule has 1 aliphatic rings. The summed E-state index contributed by atoms with van der Waals surface area (Å²) in [7, 11) is 1.57. The second-order valence-corrected chi connectivity index (χ2v) is 4.96. The quantitative estimate of drug-likeness (QED) is 0.932. The van der Waals surface area contributed by atoms with E-state index in [-0.39, 0.29) is 5.69 Å². The number of carboxylic acids is 1. The van der Waals surface area contributed by atoms with Gasteiger partial charge in [0.25, 0.3) is 0 Å². The van der Waals surface area contributed by atoms with E-state index in [1.54, 1.807) is 7.11 Å². The summed E-state index contributed by atoms with van der Waals surface area (Å²) in [6, 6.07) is 7.23. The van der Waals surface area contributed by atoms with E-state index in [1.807, 2.05) is 18.2 Å². The van der Waals surface area contributed by atoms with E-state index >= 15 is 0 Å². The van der Waals surface area contributed by atoms with E-state index in [0.717, 1.165) is 18.8 Å². The van der Waals surface area contributed by atoms with Crippen LogP contribution in [-0.4, -0.2) is 36.4 Å². The molecule has 1 N–H and O–H groups in total. The normalized spacial score (nSPS) is 14.4. The summed E-state index contributed by atoms with van der Waals surface area (Å²) in [5.74, 6) is -0.0870. The average Bonchev–Trinajstić information content (AvgIpc) is 3.18. The van der Waals surface area contributed by atoms with Crippen molar-refractivity contribution in [1.82, 2.24) is 5.16 Å². The fourth-order valence-corrected chi connectivity index (χ4v) is 2.56. The topological polar surface area (TPSA) is 75.8 Å². The molecular weight excluding hydrogens is 272 g/mol. The third kappa shape index (κ3) is 2.56. The molecule has 1 saturated heterocycles. The zero-order valence-electron chi connectivity index (χ0n) is 11.7. The number of aromatic nitrogens is 1. The van der Waals surface area contributed by atoms with Crippen LogP contribution in [0.3, 0.4) is 0 Å². The predicted molar refractivity (Wildman–Crippen MR) is 76.9 cm³/mol. The molecule has 0 aliphatic carbocycles. The number of aromatic carboxylic acids is 1. The maximum atomic E-state index is 10.9. The molecule has 2 aromatic rings. The molecule has 3 rings (SSSR count). The van der Waals surface area contributed by atoms with Crippen LogP contribution in [0.4, 0.5) is 5.69 Å². The van der Waals surface area contributed by atoms with Gasteiger partial charge in [0.15, 0.2) is 11.5 Å². The summed E-state index contributed by atoms with van der Waals surface area (Å²) in [5, 5.41) is 12.5. The molecule has 6 nitrogen and oxygen atoms in total. The first kappa shape index (κ1) is 13.5. The highest BCUT2D eigenvalue weighted by Gasteiger charge is 2.19. The van der Waals surface area contributed by atoms with Gasteiger partial charge in [-0.05, 0) is 31.0 Å². The van der Waals surface area contributed by atoms with Gasteiger partial charge in [0.1, 0.15) is 5.75 Å². The molecule has 21 heavy (non-hydrogen) atoms. The molecule has 0 saturated carbocycles. The van der Waals surface area contributed by atoms with Gasteiger partial charge in [0.2, 0.25) is 0 Å². The van der Waals surface area contributed by atoms with Gasteiger partial charge in [-0.15, -0.1) is 0 Å². The maximum absolute atomic E-state index is 10.9. The molecule has 0 unspecified atom stereocenters. The lowest BCUT2D eigenvalue weighted by molar-refractivity contribution is 0.0686. The van der Waals surface area contributed by atoms with E-state index in [4.69, 9.17) is 14.4 Å². The fraction of sp³-hybridized carbons (Fsp3) is 0.333. The SMILES string of the molecule is COc1ccc(N2CCCC2)cc1-c1cc(C(=O)O)no1. The van der Waals surface area contributed by atoms with Gasteiger partial charge in [0, 0.05) is 24.8 Å². The molecule has 0 radical (unpaired) electrons. The summed E-state index contributed by atoms with van der Waals surface area (Å²) in [5.41, 5.74) is 1.68. The molecule has 1 aromatic heterocycles. The van der Waals surface area contributed by atoms with Crippen molar-refractivity contribution in [2.75, 3.05) is 25.1 Å². The molecule has 0 amide bonds. The molecule has 2 heterocycles. The number of hydrogen-bond acceptors (Lipinski definition) is 5. The second kappa shape index (κ2) is 5.47. The van der Waals surface area contributed by atoms with Crippen molar-refractivity contribution in [1.29, 1.82) is 0 Å². The number of hydrogen-bond donors (Lipinski definition) is 1. The molecule has 1 aromatic carbocycles. The lowest BCUT2D eigenvalue weighted by Gasteiger charge is -2.19. The van der Waals surface area contributed by atoms with Gasteiger partial charge in [-0.2, -0.15) is 0 Å². The van der Waals surface area contributed by atoms with Gasteiger partial charge in [-0.1, -0.05) is 5.16 Å². The first-order valence-electron chi connectivity index (χ1n) is 6.82. The van der Waals surface area contributed by atoms with Gasteiger partial charge in [0.05, 0.1) is 12.7 Å². The predicted octanol–water partition coefficient (Wildman–Crippen LogP) is 2.65. The van der Waals surface area contributed by atoms with Gasteiger partial charge < -0.3 is 19.3 Å². The molecule has 6 heteroatoms. The van der Waals surface area contributed by atoms with Gasteiger partial charge in [-0.3, -0.25) is 0 Å². The van der Waals surface area contributed by atoms with Crippen molar-refractivity contribution in [3.8, 4) is 17.1 Å². The van der Waals surface area contributed by atoms with Crippen LogP contribution in [0, 0.1) is 0 Å². The molecule has 1 fully saturated rings. The Morgan fingerprint density at radius 2 is 2.10 bits per heavy atom. The van der Waals surface area contributed by atoms with Crippen LogP contribution in [-0.2, 0) is 0 Å². The highest BCUT2D eigenvalue weighted by Crippen LogP contribution is 2.35. The Bertz CT molecular complexity index is 659. The van der Waals surface area contributed by atoms with Crippen molar-refractivity contribution in [2.45, 2.75) is 12.8 Å². The van der Waals surface area contributed by atoms with Crippen LogP contribution in [0.25, 0.3) is 11.3 Å². The van der Waals surface area contributed by atoms with Crippen LogP contribution in [0.2, 0.25) is 0 Å². The number of benzene rings is 1. The highest BCUT2D eigenvalue weighted by molar-refractivity contribution is 5.87. The van der Waals surface area contributed by atoms with E-state index in [9.17, 15) is 4.79 Å². The molecule has 0 atom stereocenters. The average molecular weight is 288 g/mol. The number of nitrogens with zero attached hydrogens (tertiary/aromatic N) is 2. The number of carbonyl (C=O) groups is 1. The van der Waals surface area contributed by atoms with Crippen molar-refractivity contribution in [3.63, 3.8) is 0 Å². The third-order valence-electron chi connectivity index (χ3n) is 3.65. The molecule has 1 aliphatic heterocycles. The number of methoxy groups -OCH3 is 1. The number of carboxylic acid groups (broad SMARTS) is 1. The Kier molecular flexibility index (Phi) is 3.51. The Balaban J connectivity index is 2.01. The van der Waals surface area contributed by atoms with E-state index in [1.165, 1.54) is 18.9 Å². The Hall–Kier alpha value is -2.50. The minimum absolute atomic E-state index is 0.112. The van der Waals surface area contributed by atoms with E-state index in [0.29, 0.717) is 17.1 Å². The molecule has 0 spiro atoms. The van der Waals surface area contributed by atoms with Crippen molar-refractivity contribution < 1.29 is 19.2 Å². The number of anilines is 1. The van der Waals surface area contributed by atoms with Crippen molar-refractivity contribution in [2.24, 2.45) is 0 Å². The zero-order chi connectivity index (χ0) is 14.8. The summed E-state index contributed by atoms with van der Waals surface area (Å²) in [4.78, 5) is 13.2. The number of rotatable bonds is 4. The van der Waals surface area contributed by atoms with E-state index in [2.05, 4.69) is 10.1 Å². The third-order valence-corrected chi connectivity index (χ3v) is 3.65. The lowest BCUT2D eigenvalue weighted by atomic mass is 10.1. The molecule has 110 valence electrons. The van der Waals surface area contributed by atoms with Gasteiger partial charge >= 0.3 is 5.97 Å². The largest absolute Gasteiger partial charge is 0.496 e. The smallest absolute Gasteiger partial charge is 0.358 e. The Morgan fingerprint density at radius 3 is 2.71 bits per heavy atom. The highest BCUT2D eigenvalue weighted by atomic mass is 16.5. The van der Waals surface area contributed by atoms with Crippen LogP contribution < -0.4 is 9.64 Å². The fourth-order valence-electron chi connectivity index (χ4n) is 2.56. The second-order valence-electron chi connectivity index (χ2n) is 4.96. The van der Waals surface area contributed by atoms with Gasteiger partial charge in [-0.25, -0.2) is 4.79 Å². The zero-order valence-corrected chi connectivity index (χ0v) is 11.7. The first-order chi connectivity index (χ1) is 10.2. The minimum atomic E-state index is -1.11. The first-order valence-corrected chi connectivity index (χ1v) is 6.82. The summed E-state index contributed by atoms with van der Waals surface area (Å²) >= 11 is 0. The Morgan fingerprint density at radius 1 is 1.33 bits per heavy atom. The maximum Gasteiger partial charge on any atom is 0.358 e. The monoisotopic (exact) mass is 288 g/mol. The summed E-state index contributed by atoms with van der Waals surface area (Å²) < 4.78 is 10.5. The summed E-state index contributed by atoms with van der Waals surface area (Å²) in [6.45, 7) is 2.06.